The molecule has 1 N–H and O–H groups in total. The Kier molecular flexibility index (Phi) is 5.91. The van der Waals surface area contributed by atoms with Gasteiger partial charge in [-0.25, -0.2) is 14.8 Å². The van der Waals surface area contributed by atoms with Gasteiger partial charge < -0.3 is 14.6 Å². The van der Waals surface area contributed by atoms with Crippen LogP contribution in [0.5, 0.6) is 0 Å². The van der Waals surface area contributed by atoms with E-state index in [1.807, 2.05) is 26.0 Å². The quantitative estimate of drug-likeness (QED) is 0.862. The lowest BCUT2D eigenvalue weighted by Crippen LogP contribution is -2.40. The Bertz CT molecular complexity index is 769. The SMILES string of the molecule is CCN(Cc1ccc(C)o1)C(=O)NCCc1nc(C)c2c(n1)CCCC2. The molecule has 0 unspecified atom stereocenters. The fourth-order valence-electron chi connectivity index (χ4n) is 3.43. The van der Waals surface area contributed by atoms with Gasteiger partial charge in [-0.1, -0.05) is 0 Å². The topological polar surface area (TPSA) is 71.3 Å². The highest BCUT2D eigenvalue weighted by atomic mass is 16.3. The molecule has 0 bridgehead atoms. The maximum Gasteiger partial charge on any atom is 0.317 e. The van der Waals surface area contributed by atoms with Gasteiger partial charge in [-0.05, 0) is 64.2 Å². The van der Waals surface area contributed by atoms with Gasteiger partial charge in [0.15, 0.2) is 0 Å². The van der Waals surface area contributed by atoms with Crippen LogP contribution in [0.3, 0.4) is 0 Å². The van der Waals surface area contributed by atoms with Crippen molar-refractivity contribution in [2.24, 2.45) is 0 Å². The van der Waals surface area contributed by atoms with Gasteiger partial charge in [-0.2, -0.15) is 0 Å². The van der Waals surface area contributed by atoms with E-state index in [2.05, 4.69) is 17.2 Å². The number of rotatable bonds is 6. The molecule has 0 atom stereocenters. The van der Waals surface area contributed by atoms with Crippen molar-refractivity contribution in [3.63, 3.8) is 0 Å². The fourth-order valence-corrected chi connectivity index (χ4v) is 3.43. The highest BCUT2D eigenvalue weighted by molar-refractivity contribution is 5.74. The van der Waals surface area contributed by atoms with E-state index >= 15 is 0 Å². The molecule has 2 aromatic heterocycles. The van der Waals surface area contributed by atoms with E-state index < -0.39 is 0 Å². The minimum Gasteiger partial charge on any atom is -0.464 e. The molecule has 2 heterocycles. The average Bonchev–Trinajstić information content (AvgIpc) is 3.04. The van der Waals surface area contributed by atoms with Gasteiger partial charge in [0.2, 0.25) is 0 Å². The summed E-state index contributed by atoms with van der Waals surface area (Å²) in [6, 6.07) is 3.74. The highest BCUT2D eigenvalue weighted by Gasteiger charge is 2.16. The Morgan fingerprint density at radius 1 is 1.23 bits per heavy atom. The second-order valence-corrected chi connectivity index (χ2v) is 6.87. The van der Waals surface area contributed by atoms with E-state index in [4.69, 9.17) is 9.40 Å². The first-order valence-electron chi connectivity index (χ1n) is 9.50. The lowest BCUT2D eigenvalue weighted by atomic mass is 9.95. The lowest BCUT2D eigenvalue weighted by Gasteiger charge is -2.20. The molecule has 1 aliphatic carbocycles. The van der Waals surface area contributed by atoms with E-state index in [0.717, 1.165) is 35.9 Å². The van der Waals surface area contributed by atoms with Crippen molar-refractivity contribution >= 4 is 6.03 Å². The number of furan rings is 1. The third kappa shape index (κ3) is 4.42. The summed E-state index contributed by atoms with van der Waals surface area (Å²) >= 11 is 0. The molecule has 3 rings (SSSR count). The minimum atomic E-state index is -0.0868. The van der Waals surface area contributed by atoms with Crippen LogP contribution in [-0.4, -0.2) is 34.0 Å². The summed E-state index contributed by atoms with van der Waals surface area (Å²) in [5.41, 5.74) is 3.63. The Balaban J connectivity index is 1.53. The number of fused-ring (bicyclic) bond motifs is 1. The average molecular weight is 356 g/mol. The molecule has 2 amide bonds. The standard InChI is InChI=1S/C20H28N4O2/c1-4-24(13-16-10-9-14(2)26-16)20(25)21-12-11-19-22-15(3)17-7-5-6-8-18(17)23-19/h9-10H,4-8,11-13H2,1-3H3,(H,21,25). The smallest absolute Gasteiger partial charge is 0.317 e. The van der Waals surface area contributed by atoms with Crippen LogP contribution in [0.15, 0.2) is 16.5 Å². The Labute approximate surface area is 155 Å². The molecule has 0 saturated heterocycles. The molecular formula is C20H28N4O2. The summed E-state index contributed by atoms with van der Waals surface area (Å²) in [6.07, 6.45) is 5.23. The van der Waals surface area contributed by atoms with Crippen LogP contribution >= 0.6 is 0 Å². The summed E-state index contributed by atoms with van der Waals surface area (Å²) < 4.78 is 5.56. The monoisotopic (exact) mass is 356 g/mol. The van der Waals surface area contributed by atoms with Crippen molar-refractivity contribution in [3.05, 3.63) is 46.4 Å². The molecule has 0 saturated carbocycles. The van der Waals surface area contributed by atoms with Crippen molar-refractivity contribution in [1.82, 2.24) is 20.2 Å². The van der Waals surface area contributed by atoms with Gasteiger partial charge >= 0.3 is 6.03 Å². The molecule has 6 nitrogen and oxygen atoms in total. The molecule has 0 spiro atoms. The third-order valence-electron chi connectivity index (χ3n) is 4.87. The predicted octanol–water partition coefficient (Wildman–Crippen LogP) is 3.34. The number of aromatic nitrogens is 2. The van der Waals surface area contributed by atoms with Gasteiger partial charge in [0.1, 0.15) is 17.3 Å². The summed E-state index contributed by atoms with van der Waals surface area (Å²) in [5, 5.41) is 2.97. The number of urea groups is 1. The first-order chi connectivity index (χ1) is 12.6. The van der Waals surface area contributed by atoms with E-state index in [1.54, 1.807) is 4.90 Å². The molecule has 0 fully saturated rings. The molecule has 6 heteroatoms. The summed E-state index contributed by atoms with van der Waals surface area (Å²) in [6.45, 7) is 7.57. The minimum absolute atomic E-state index is 0.0868. The van der Waals surface area contributed by atoms with Gasteiger partial charge in [0.05, 0.1) is 6.54 Å². The van der Waals surface area contributed by atoms with Gasteiger partial charge in [0.25, 0.3) is 0 Å². The molecule has 26 heavy (non-hydrogen) atoms. The fraction of sp³-hybridized carbons (Fsp3) is 0.550. The van der Waals surface area contributed by atoms with Crippen molar-refractivity contribution in [1.29, 1.82) is 0 Å². The highest BCUT2D eigenvalue weighted by Crippen LogP contribution is 2.21. The number of aryl methyl sites for hydroxylation is 3. The van der Waals surface area contributed by atoms with Crippen LogP contribution in [0.25, 0.3) is 0 Å². The van der Waals surface area contributed by atoms with Crippen LogP contribution in [0.1, 0.15) is 54.1 Å². The van der Waals surface area contributed by atoms with E-state index in [9.17, 15) is 4.79 Å². The van der Waals surface area contributed by atoms with Crippen LogP contribution in [0.4, 0.5) is 4.79 Å². The summed E-state index contributed by atoms with van der Waals surface area (Å²) in [5.74, 6) is 2.48. The molecular weight excluding hydrogens is 328 g/mol. The van der Waals surface area contributed by atoms with Crippen LogP contribution in [0.2, 0.25) is 0 Å². The third-order valence-corrected chi connectivity index (χ3v) is 4.87. The summed E-state index contributed by atoms with van der Waals surface area (Å²) in [4.78, 5) is 23.5. The normalized spacial score (nSPS) is 13.3. The van der Waals surface area contributed by atoms with Gasteiger partial charge in [-0.3, -0.25) is 0 Å². The zero-order valence-corrected chi connectivity index (χ0v) is 16.0. The maximum atomic E-state index is 12.4. The number of nitrogens with one attached hydrogen (secondary N) is 1. The molecule has 2 aromatic rings. The Morgan fingerprint density at radius 2 is 2.04 bits per heavy atom. The van der Waals surface area contributed by atoms with Crippen molar-refractivity contribution in [2.75, 3.05) is 13.1 Å². The predicted molar refractivity (Wildman–Crippen MR) is 100 cm³/mol. The zero-order valence-electron chi connectivity index (χ0n) is 16.0. The van der Waals surface area contributed by atoms with Crippen molar-refractivity contribution in [2.45, 2.75) is 59.4 Å². The van der Waals surface area contributed by atoms with Crippen LogP contribution < -0.4 is 5.32 Å². The molecule has 140 valence electrons. The number of nitrogens with zero attached hydrogens (tertiary/aromatic N) is 3. The first kappa shape index (κ1) is 18.4. The zero-order chi connectivity index (χ0) is 18.5. The van der Waals surface area contributed by atoms with Gasteiger partial charge in [0, 0.05) is 30.9 Å². The van der Waals surface area contributed by atoms with Crippen LogP contribution in [0, 0.1) is 13.8 Å². The summed E-state index contributed by atoms with van der Waals surface area (Å²) in [7, 11) is 0. The maximum absolute atomic E-state index is 12.4. The number of hydrogen-bond donors (Lipinski definition) is 1. The van der Waals surface area contributed by atoms with Crippen LogP contribution in [-0.2, 0) is 25.8 Å². The second-order valence-electron chi connectivity index (χ2n) is 6.87. The largest absolute Gasteiger partial charge is 0.464 e. The molecule has 0 radical (unpaired) electrons. The number of hydrogen-bond acceptors (Lipinski definition) is 4. The Morgan fingerprint density at radius 3 is 2.77 bits per heavy atom. The Hall–Kier alpha value is -2.37. The second kappa shape index (κ2) is 8.34. The molecule has 0 aromatic carbocycles. The van der Waals surface area contributed by atoms with Gasteiger partial charge in [-0.15, -0.1) is 0 Å². The molecule has 1 aliphatic rings. The number of carbonyl (C=O) groups is 1. The number of amides is 2. The van der Waals surface area contributed by atoms with Crippen molar-refractivity contribution in [3.8, 4) is 0 Å². The molecule has 0 aliphatic heterocycles. The lowest BCUT2D eigenvalue weighted by molar-refractivity contribution is 0.193. The van der Waals surface area contributed by atoms with E-state index in [1.165, 1.54) is 24.1 Å². The van der Waals surface area contributed by atoms with E-state index in [-0.39, 0.29) is 6.03 Å². The first-order valence-corrected chi connectivity index (χ1v) is 9.50. The van der Waals surface area contributed by atoms with Crippen molar-refractivity contribution < 1.29 is 9.21 Å². The number of carbonyl (C=O) groups excluding carboxylic acids is 1. The van der Waals surface area contributed by atoms with E-state index in [0.29, 0.717) is 26.1 Å².